The highest BCUT2D eigenvalue weighted by atomic mass is 32.1. The first-order valence-corrected chi connectivity index (χ1v) is 8.43. The molecule has 1 aromatic heterocycles. The number of benzene rings is 1. The molecule has 0 aliphatic carbocycles. The van der Waals surface area contributed by atoms with Crippen molar-refractivity contribution in [2.24, 2.45) is 0 Å². The first-order chi connectivity index (χ1) is 10.0. The summed E-state index contributed by atoms with van der Waals surface area (Å²) in [4.78, 5) is 2.60. The Morgan fingerprint density at radius 2 is 1.43 bits per heavy atom. The summed E-state index contributed by atoms with van der Waals surface area (Å²) in [6.07, 6.45) is 0. The van der Waals surface area contributed by atoms with Crippen molar-refractivity contribution >= 4 is 11.3 Å². The van der Waals surface area contributed by atoms with Crippen molar-refractivity contribution in [3.05, 3.63) is 46.8 Å². The van der Waals surface area contributed by atoms with Crippen molar-refractivity contribution in [3.8, 4) is 16.5 Å². The molecule has 0 spiro atoms. The highest BCUT2D eigenvalue weighted by molar-refractivity contribution is 7.15. The van der Waals surface area contributed by atoms with Gasteiger partial charge in [-0.05, 0) is 44.0 Å². The van der Waals surface area contributed by atoms with E-state index in [1.54, 1.807) is 11.3 Å². The van der Waals surface area contributed by atoms with Gasteiger partial charge in [0.25, 0.3) is 0 Å². The summed E-state index contributed by atoms with van der Waals surface area (Å²) in [5.74, 6) is 0. The van der Waals surface area contributed by atoms with Crippen LogP contribution in [0.4, 0.5) is 0 Å². The third-order valence-electron chi connectivity index (χ3n) is 2.91. The Morgan fingerprint density at radius 1 is 0.905 bits per heavy atom. The number of rotatable bonds is 2. The Hall–Kier alpha value is -1.59. The highest BCUT2D eigenvalue weighted by Gasteiger charge is 2.19. The molecule has 0 bridgehead atoms. The van der Waals surface area contributed by atoms with Crippen LogP contribution in [0.5, 0.6) is 0 Å². The van der Waals surface area contributed by atoms with Crippen LogP contribution in [-0.2, 0) is 5.41 Å². The van der Waals surface area contributed by atoms with Crippen molar-refractivity contribution < 1.29 is 0 Å². The third-order valence-corrected chi connectivity index (χ3v) is 3.96. The number of aryl methyl sites for hydroxylation is 1. The molecule has 2 aromatic rings. The molecule has 0 amide bonds. The SMILES string of the molecule is CC.CC.Cc1ccc(-c2ccc(C(C)(C)C#N)cc2)s1. The van der Waals surface area contributed by atoms with Gasteiger partial charge in [-0.2, -0.15) is 5.26 Å². The Kier molecular flexibility index (Phi) is 8.66. The zero-order chi connectivity index (χ0) is 16.5. The second kappa shape index (κ2) is 9.37. The lowest BCUT2D eigenvalue weighted by molar-refractivity contribution is 0.687. The predicted molar refractivity (Wildman–Crippen MR) is 95.8 cm³/mol. The summed E-state index contributed by atoms with van der Waals surface area (Å²) >= 11 is 1.79. The van der Waals surface area contributed by atoms with Gasteiger partial charge >= 0.3 is 0 Å². The number of thiophene rings is 1. The van der Waals surface area contributed by atoms with Gasteiger partial charge in [-0.25, -0.2) is 0 Å². The molecule has 0 aliphatic rings. The second-order valence-corrected chi connectivity index (χ2v) is 6.01. The maximum atomic E-state index is 9.09. The van der Waals surface area contributed by atoms with Crippen LogP contribution in [0.2, 0.25) is 0 Å². The van der Waals surface area contributed by atoms with E-state index >= 15 is 0 Å². The van der Waals surface area contributed by atoms with Crippen molar-refractivity contribution in [3.63, 3.8) is 0 Å². The van der Waals surface area contributed by atoms with Crippen LogP contribution in [-0.4, -0.2) is 0 Å². The molecule has 0 atom stereocenters. The largest absolute Gasteiger partial charge is 0.197 e. The summed E-state index contributed by atoms with van der Waals surface area (Å²) in [7, 11) is 0. The molecule has 1 aromatic carbocycles. The molecular formula is C19H27NS. The molecule has 114 valence electrons. The maximum Gasteiger partial charge on any atom is 0.0766 e. The lowest BCUT2D eigenvalue weighted by Gasteiger charge is -2.15. The molecule has 0 aliphatic heterocycles. The summed E-state index contributed by atoms with van der Waals surface area (Å²) in [5.41, 5.74) is 1.88. The Morgan fingerprint density at radius 3 is 1.81 bits per heavy atom. The van der Waals surface area contributed by atoms with Gasteiger partial charge in [-0.1, -0.05) is 52.0 Å². The normalized spacial score (nSPS) is 9.62. The quantitative estimate of drug-likeness (QED) is 0.614. The number of hydrogen-bond donors (Lipinski definition) is 0. The Bertz CT molecular complexity index is 556. The fourth-order valence-electron chi connectivity index (χ4n) is 1.71. The van der Waals surface area contributed by atoms with E-state index in [-0.39, 0.29) is 0 Å². The van der Waals surface area contributed by atoms with Crippen molar-refractivity contribution in [2.45, 2.75) is 53.9 Å². The number of hydrogen-bond acceptors (Lipinski definition) is 2. The monoisotopic (exact) mass is 301 g/mol. The van der Waals surface area contributed by atoms with Crippen molar-refractivity contribution in [1.82, 2.24) is 0 Å². The summed E-state index contributed by atoms with van der Waals surface area (Å²) < 4.78 is 0. The molecule has 0 saturated carbocycles. The zero-order valence-electron chi connectivity index (χ0n) is 14.3. The number of nitrogens with zero attached hydrogens (tertiary/aromatic N) is 1. The van der Waals surface area contributed by atoms with E-state index < -0.39 is 5.41 Å². The predicted octanol–water partition coefficient (Wildman–Crippen LogP) is 6.58. The van der Waals surface area contributed by atoms with Gasteiger partial charge < -0.3 is 0 Å². The highest BCUT2D eigenvalue weighted by Crippen LogP contribution is 2.30. The second-order valence-electron chi connectivity index (χ2n) is 4.72. The fraction of sp³-hybridized carbons (Fsp3) is 0.421. The van der Waals surface area contributed by atoms with Crippen LogP contribution in [0.3, 0.4) is 0 Å². The molecule has 0 N–H and O–H groups in total. The summed E-state index contributed by atoms with van der Waals surface area (Å²) in [5, 5.41) is 9.09. The minimum atomic E-state index is -0.413. The molecule has 0 radical (unpaired) electrons. The lowest BCUT2D eigenvalue weighted by atomic mass is 9.86. The van der Waals surface area contributed by atoms with Crippen molar-refractivity contribution in [2.75, 3.05) is 0 Å². The van der Waals surface area contributed by atoms with Gasteiger partial charge in [0.05, 0.1) is 11.5 Å². The van der Waals surface area contributed by atoms with Crippen LogP contribution in [0.1, 0.15) is 52.0 Å². The molecule has 1 heterocycles. The zero-order valence-corrected chi connectivity index (χ0v) is 15.1. The standard InChI is InChI=1S/C15H15NS.2C2H6/c1-11-4-9-14(17-11)12-5-7-13(8-6-12)15(2,3)10-16;2*1-2/h4-9H,1-3H3;2*1-2H3. The topological polar surface area (TPSA) is 23.8 Å². The third kappa shape index (κ3) is 5.36. The van der Waals surface area contributed by atoms with Gasteiger partial charge in [-0.15, -0.1) is 11.3 Å². The Balaban J connectivity index is 0.000000921. The maximum absolute atomic E-state index is 9.09. The summed E-state index contributed by atoms with van der Waals surface area (Å²) in [6, 6.07) is 14.9. The number of nitriles is 1. The molecule has 1 nitrogen and oxygen atoms in total. The van der Waals surface area contributed by atoms with Gasteiger partial charge in [0.2, 0.25) is 0 Å². The van der Waals surface area contributed by atoms with Gasteiger partial charge in [0.15, 0.2) is 0 Å². The van der Waals surface area contributed by atoms with Crippen LogP contribution in [0, 0.1) is 18.3 Å². The van der Waals surface area contributed by atoms with E-state index in [0.29, 0.717) is 0 Å². The smallest absolute Gasteiger partial charge is 0.0766 e. The molecule has 21 heavy (non-hydrogen) atoms. The van der Waals surface area contributed by atoms with E-state index in [1.165, 1.54) is 15.3 Å². The molecule has 0 fully saturated rings. The van der Waals surface area contributed by atoms with E-state index in [9.17, 15) is 0 Å². The average Bonchev–Trinajstić information content (AvgIpc) is 2.98. The van der Waals surface area contributed by atoms with E-state index in [0.717, 1.165) is 5.56 Å². The van der Waals surface area contributed by atoms with Crippen LogP contribution < -0.4 is 0 Å². The lowest BCUT2D eigenvalue weighted by Crippen LogP contribution is -2.13. The minimum Gasteiger partial charge on any atom is -0.197 e. The molecule has 2 rings (SSSR count). The molecule has 2 heteroatoms. The van der Waals surface area contributed by atoms with E-state index in [2.05, 4.69) is 37.3 Å². The molecular weight excluding hydrogens is 274 g/mol. The molecule has 0 saturated heterocycles. The minimum absolute atomic E-state index is 0.413. The fourth-order valence-corrected chi connectivity index (χ4v) is 2.58. The summed E-state index contributed by atoms with van der Waals surface area (Å²) in [6.45, 7) is 14.0. The van der Waals surface area contributed by atoms with Gasteiger partial charge in [0, 0.05) is 9.75 Å². The van der Waals surface area contributed by atoms with Gasteiger partial charge in [0.1, 0.15) is 0 Å². The van der Waals surface area contributed by atoms with E-state index in [1.807, 2.05) is 53.7 Å². The van der Waals surface area contributed by atoms with E-state index in [4.69, 9.17) is 5.26 Å². The molecule has 0 unspecified atom stereocenters. The van der Waals surface area contributed by atoms with Crippen molar-refractivity contribution in [1.29, 1.82) is 5.26 Å². The van der Waals surface area contributed by atoms with Crippen LogP contribution in [0.15, 0.2) is 36.4 Å². The van der Waals surface area contributed by atoms with Gasteiger partial charge in [-0.3, -0.25) is 0 Å². The average molecular weight is 301 g/mol. The first-order valence-electron chi connectivity index (χ1n) is 7.61. The van der Waals surface area contributed by atoms with Crippen LogP contribution in [0.25, 0.3) is 10.4 Å². The first kappa shape index (κ1) is 19.4. The van der Waals surface area contributed by atoms with Crippen LogP contribution >= 0.6 is 11.3 Å². The Labute approximate surface area is 134 Å².